The van der Waals surface area contributed by atoms with E-state index in [4.69, 9.17) is 4.98 Å². The van der Waals surface area contributed by atoms with Gasteiger partial charge in [0.15, 0.2) is 5.82 Å². The van der Waals surface area contributed by atoms with Crippen molar-refractivity contribution in [3.05, 3.63) is 38.8 Å². The van der Waals surface area contributed by atoms with E-state index in [1.807, 2.05) is 11.8 Å². The van der Waals surface area contributed by atoms with Crippen LogP contribution >= 0.6 is 11.3 Å². The molecule has 0 atom stereocenters. The molecule has 0 radical (unpaired) electrons. The molecular weight excluding hydrogens is 348 g/mol. The number of hydrogen-bond donors (Lipinski definition) is 2. The van der Waals surface area contributed by atoms with Gasteiger partial charge in [0.05, 0.1) is 31.6 Å². The normalized spacial score (nSPS) is 18.6. The Morgan fingerprint density at radius 3 is 2.85 bits per heavy atom. The fraction of sp³-hybridized carbons (Fsp3) is 0.526. The van der Waals surface area contributed by atoms with Crippen LogP contribution in [0.25, 0.3) is 10.2 Å². The van der Waals surface area contributed by atoms with Gasteiger partial charge in [0.25, 0.3) is 5.56 Å². The maximum atomic E-state index is 12.6. The molecule has 26 heavy (non-hydrogen) atoms. The molecular formula is C19H25N4O2S+. The van der Waals surface area contributed by atoms with Crippen LogP contribution in [0.15, 0.2) is 16.9 Å². The standard InChI is InChI=1S/C19H24N4O2S/c1-2-5-16(24)23-10-8-22(9-11-23)12-15-20-18(25)17-13-6-3-4-7-14(13)26-19(17)21-15/h2,5H,3-4,6-12H2,1H3,(H,20,21,25)/p+1/b5-2+. The van der Waals surface area contributed by atoms with Gasteiger partial charge in [0.1, 0.15) is 11.4 Å². The molecule has 1 aliphatic carbocycles. The summed E-state index contributed by atoms with van der Waals surface area (Å²) in [5.41, 5.74) is 1.26. The highest BCUT2D eigenvalue weighted by Gasteiger charge is 2.24. The molecule has 0 bridgehead atoms. The summed E-state index contributed by atoms with van der Waals surface area (Å²) in [5.74, 6) is 0.855. The van der Waals surface area contributed by atoms with E-state index >= 15 is 0 Å². The minimum atomic E-state index is 0.0192. The zero-order chi connectivity index (χ0) is 18.1. The molecule has 7 heteroatoms. The van der Waals surface area contributed by atoms with Crippen LogP contribution < -0.4 is 10.5 Å². The van der Waals surface area contributed by atoms with Crippen LogP contribution in [0.5, 0.6) is 0 Å². The summed E-state index contributed by atoms with van der Waals surface area (Å²) < 4.78 is 0. The first kappa shape index (κ1) is 17.4. The molecule has 4 rings (SSSR count). The molecule has 0 unspecified atom stereocenters. The number of aromatic amines is 1. The van der Waals surface area contributed by atoms with Gasteiger partial charge in [-0.25, -0.2) is 4.98 Å². The Morgan fingerprint density at radius 2 is 2.08 bits per heavy atom. The predicted molar refractivity (Wildman–Crippen MR) is 103 cm³/mol. The van der Waals surface area contributed by atoms with Gasteiger partial charge in [-0.1, -0.05) is 6.08 Å². The van der Waals surface area contributed by atoms with Crippen molar-refractivity contribution < 1.29 is 9.69 Å². The third-order valence-corrected chi connectivity index (χ3v) is 6.57. The van der Waals surface area contributed by atoms with Crippen molar-refractivity contribution in [1.29, 1.82) is 0 Å². The fourth-order valence-corrected chi connectivity index (χ4v) is 5.28. The highest BCUT2D eigenvalue weighted by atomic mass is 32.1. The van der Waals surface area contributed by atoms with Crippen LogP contribution in [0, 0.1) is 0 Å². The summed E-state index contributed by atoms with van der Waals surface area (Å²) in [7, 11) is 0. The number of nitrogens with one attached hydrogen (secondary N) is 2. The Labute approximate surface area is 156 Å². The Morgan fingerprint density at radius 1 is 1.31 bits per heavy atom. The number of allylic oxidation sites excluding steroid dienone is 1. The van der Waals surface area contributed by atoms with Crippen molar-refractivity contribution in [3.8, 4) is 0 Å². The quantitative estimate of drug-likeness (QED) is 0.777. The molecule has 1 aliphatic heterocycles. The van der Waals surface area contributed by atoms with E-state index in [1.165, 1.54) is 28.2 Å². The number of nitrogens with zero attached hydrogens (tertiary/aromatic N) is 2. The average Bonchev–Trinajstić information content (AvgIpc) is 3.01. The van der Waals surface area contributed by atoms with E-state index in [0.29, 0.717) is 6.54 Å². The second kappa shape index (κ2) is 7.32. The number of hydrogen-bond acceptors (Lipinski definition) is 4. The first-order chi connectivity index (χ1) is 12.7. The van der Waals surface area contributed by atoms with Gasteiger partial charge in [-0.05, 0) is 44.2 Å². The van der Waals surface area contributed by atoms with Crippen molar-refractivity contribution in [2.45, 2.75) is 39.2 Å². The highest BCUT2D eigenvalue weighted by Crippen LogP contribution is 2.33. The molecule has 2 N–H and O–H groups in total. The lowest BCUT2D eigenvalue weighted by Crippen LogP contribution is -3.13. The summed E-state index contributed by atoms with van der Waals surface area (Å²) in [4.78, 5) is 37.8. The van der Waals surface area contributed by atoms with Gasteiger partial charge in [0, 0.05) is 4.88 Å². The number of H-pyrrole nitrogens is 1. The van der Waals surface area contributed by atoms with Gasteiger partial charge < -0.3 is 14.8 Å². The monoisotopic (exact) mass is 373 g/mol. The van der Waals surface area contributed by atoms with Crippen molar-refractivity contribution >= 4 is 27.5 Å². The number of aryl methyl sites for hydroxylation is 2. The lowest BCUT2D eigenvalue weighted by atomic mass is 9.97. The zero-order valence-electron chi connectivity index (χ0n) is 15.1. The summed E-state index contributed by atoms with van der Waals surface area (Å²) in [5, 5.41) is 0.824. The van der Waals surface area contributed by atoms with Crippen molar-refractivity contribution in [2.24, 2.45) is 0 Å². The van der Waals surface area contributed by atoms with Gasteiger partial charge in [0.2, 0.25) is 5.91 Å². The Kier molecular flexibility index (Phi) is 4.91. The summed E-state index contributed by atoms with van der Waals surface area (Å²) in [6, 6.07) is 0. The maximum absolute atomic E-state index is 12.6. The number of thiophene rings is 1. The van der Waals surface area contributed by atoms with E-state index in [2.05, 4.69) is 4.98 Å². The molecule has 1 fully saturated rings. The van der Waals surface area contributed by atoms with Gasteiger partial charge in [-0.3, -0.25) is 9.59 Å². The minimum Gasteiger partial charge on any atom is -0.328 e. The Bertz CT molecular complexity index is 906. The number of quaternary nitrogens is 1. The molecule has 3 heterocycles. The van der Waals surface area contributed by atoms with E-state index in [0.717, 1.165) is 55.1 Å². The molecule has 2 aromatic rings. The maximum Gasteiger partial charge on any atom is 0.260 e. The van der Waals surface area contributed by atoms with Crippen LogP contribution in [0.4, 0.5) is 0 Å². The third-order valence-electron chi connectivity index (χ3n) is 5.38. The summed E-state index contributed by atoms with van der Waals surface area (Å²) >= 11 is 1.70. The highest BCUT2D eigenvalue weighted by molar-refractivity contribution is 7.18. The molecule has 1 saturated heterocycles. The average molecular weight is 374 g/mol. The van der Waals surface area contributed by atoms with E-state index in [1.54, 1.807) is 23.5 Å². The first-order valence-corrected chi connectivity index (χ1v) is 10.3. The van der Waals surface area contributed by atoms with Crippen LogP contribution in [0.3, 0.4) is 0 Å². The molecule has 0 saturated carbocycles. The van der Waals surface area contributed by atoms with Crippen LogP contribution in [-0.4, -0.2) is 47.0 Å². The number of piperazine rings is 1. The molecule has 1 amide bonds. The number of carbonyl (C=O) groups excluding carboxylic acids is 1. The van der Waals surface area contributed by atoms with Crippen LogP contribution in [0.1, 0.15) is 36.0 Å². The summed E-state index contributed by atoms with van der Waals surface area (Å²) in [6.07, 6.45) is 7.87. The molecule has 0 spiro atoms. The van der Waals surface area contributed by atoms with Crippen molar-refractivity contribution in [1.82, 2.24) is 14.9 Å². The topological polar surface area (TPSA) is 70.5 Å². The van der Waals surface area contributed by atoms with Crippen molar-refractivity contribution in [2.75, 3.05) is 26.2 Å². The van der Waals surface area contributed by atoms with E-state index in [-0.39, 0.29) is 11.5 Å². The number of rotatable bonds is 3. The zero-order valence-corrected chi connectivity index (χ0v) is 16.0. The molecule has 2 aliphatic rings. The van der Waals surface area contributed by atoms with Crippen LogP contribution in [-0.2, 0) is 24.2 Å². The minimum absolute atomic E-state index is 0.0192. The van der Waals surface area contributed by atoms with E-state index < -0.39 is 0 Å². The predicted octanol–water partition coefficient (Wildman–Crippen LogP) is 0.667. The van der Waals surface area contributed by atoms with Gasteiger partial charge >= 0.3 is 0 Å². The van der Waals surface area contributed by atoms with Gasteiger partial charge in [-0.15, -0.1) is 11.3 Å². The number of carbonyl (C=O) groups is 1. The Hall–Kier alpha value is -1.99. The molecule has 138 valence electrons. The largest absolute Gasteiger partial charge is 0.328 e. The lowest BCUT2D eigenvalue weighted by molar-refractivity contribution is -0.918. The first-order valence-electron chi connectivity index (χ1n) is 9.44. The third kappa shape index (κ3) is 3.33. The number of fused-ring (bicyclic) bond motifs is 3. The van der Waals surface area contributed by atoms with Gasteiger partial charge in [-0.2, -0.15) is 0 Å². The molecule has 0 aromatic carbocycles. The fourth-order valence-electron chi connectivity index (χ4n) is 4.00. The number of amides is 1. The second-order valence-electron chi connectivity index (χ2n) is 7.16. The molecule has 6 nitrogen and oxygen atoms in total. The SMILES string of the molecule is C/C=C/C(=O)N1CC[NH+](Cc2nc3sc4c(c3c(=O)[nH]2)CCCC4)CC1. The second-order valence-corrected chi connectivity index (χ2v) is 8.24. The van der Waals surface area contributed by atoms with Crippen molar-refractivity contribution in [3.63, 3.8) is 0 Å². The number of aromatic nitrogens is 2. The van der Waals surface area contributed by atoms with E-state index in [9.17, 15) is 9.59 Å². The lowest BCUT2D eigenvalue weighted by Gasteiger charge is -2.31. The molecule has 2 aromatic heterocycles. The van der Waals surface area contributed by atoms with Crippen LogP contribution in [0.2, 0.25) is 0 Å². The smallest absolute Gasteiger partial charge is 0.260 e. The summed E-state index contributed by atoms with van der Waals surface area (Å²) in [6.45, 7) is 5.83. The Balaban J connectivity index is 1.48.